The smallest absolute Gasteiger partial charge is 0.298 e. The van der Waals surface area contributed by atoms with Crippen LogP contribution in [0.3, 0.4) is 0 Å². The van der Waals surface area contributed by atoms with Crippen molar-refractivity contribution < 1.29 is 19.2 Å². The number of para-hydroxylation sites is 1. The molecule has 0 radical (unpaired) electrons. The number of unbranched alkanes of at least 4 members (excludes halogenated alkanes) is 2. The summed E-state index contributed by atoms with van der Waals surface area (Å²) >= 11 is 0. The van der Waals surface area contributed by atoms with Crippen molar-refractivity contribution >= 4 is 29.3 Å². The number of carbonyl (C=O) groups excluding carboxylic acids is 4. The average Bonchev–Trinajstić information content (AvgIpc) is 2.57. The van der Waals surface area contributed by atoms with E-state index in [1.54, 1.807) is 30.3 Å². The van der Waals surface area contributed by atoms with Crippen molar-refractivity contribution in [3.05, 3.63) is 30.3 Å². The Kier molecular flexibility index (Phi) is 5.17. The van der Waals surface area contributed by atoms with E-state index in [1.165, 1.54) is 14.0 Å². The zero-order chi connectivity index (χ0) is 17.9. The molecule has 24 heavy (non-hydrogen) atoms. The minimum Gasteiger partial charge on any atom is -0.298 e. The maximum Gasteiger partial charge on any atom is 0.337 e. The molecule has 1 heterocycles. The largest absolute Gasteiger partial charge is 0.337 e. The molecule has 1 fully saturated rings. The van der Waals surface area contributed by atoms with Crippen LogP contribution in [0.4, 0.5) is 10.5 Å². The number of carbonyl (C=O) groups is 4. The predicted molar refractivity (Wildman–Crippen MR) is 89.4 cm³/mol. The Balaban J connectivity index is 2.53. The van der Waals surface area contributed by atoms with Crippen LogP contribution in [0.2, 0.25) is 0 Å². The predicted octanol–water partition coefficient (Wildman–Crippen LogP) is 2.77. The molecule has 6 heteroatoms. The number of nitrogens with zero attached hydrogens (tertiary/aromatic N) is 2. The summed E-state index contributed by atoms with van der Waals surface area (Å²) in [6.07, 6.45) is 2.39. The Morgan fingerprint density at radius 2 is 1.67 bits per heavy atom. The van der Waals surface area contributed by atoms with Crippen molar-refractivity contribution in [3.8, 4) is 0 Å². The van der Waals surface area contributed by atoms with E-state index in [0.29, 0.717) is 12.1 Å². The molecule has 1 aliphatic heterocycles. The SMILES string of the molecule is CCCCCC1(C(C)=O)C(=O)N(C)C(=O)N(c2ccccc2)C1=O. The third kappa shape index (κ3) is 2.72. The van der Waals surface area contributed by atoms with Gasteiger partial charge in [-0.1, -0.05) is 44.4 Å². The highest BCUT2D eigenvalue weighted by atomic mass is 16.2. The second kappa shape index (κ2) is 6.95. The van der Waals surface area contributed by atoms with Crippen LogP contribution in [0.1, 0.15) is 39.5 Å². The molecule has 0 spiro atoms. The van der Waals surface area contributed by atoms with E-state index in [-0.39, 0.29) is 6.42 Å². The molecule has 1 unspecified atom stereocenters. The van der Waals surface area contributed by atoms with Gasteiger partial charge in [0.1, 0.15) is 0 Å². The summed E-state index contributed by atoms with van der Waals surface area (Å²) in [4.78, 5) is 52.5. The Morgan fingerprint density at radius 3 is 2.21 bits per heavy atom. The average molecular weight is 330 g/mol. The number of barbiturate groups is 1. The molecule has 0 saturated carbocycles. The van der Waals surface area contributed by atoms with Gasteiger partial charge in [-0.15, -0.1) is 0 Å². The number of imide groups is 2. The van der Waals surface area contributed by atoms with Crippen LogP contribution in [0.5, 0.6) is 0 Å². The van der Waals surface area contributed by atoms with E-state index >= 15 is 0 Å². The van der Waals surface area contributed by atoms with Crippen molar-refractivity contribution in [1.29, 1.82) is 0 Å². The first kappa shape index (κ1) is 17.8. The first-order valence-corrected chi connectivity index (χ1v) is 8.10. The van der Waals surface area contributed by atoms with E-state index in [2.05, 4.69) is 0 Å². The van der Waals surface area contributed by atoms with Gasteiger partial charge < -0.3 is 0 Å². The Morgan fingerprint density at radius 1 is 1.04 bits per heavy atom. The van der Waals surface area contributed by atoms with Crippen LogP contribution in [0, 0.1) is 5.41 Å². The zero-order valence-electron chi connectivity index (χ0n) is 14.2. The van der Waals surface area contributed by atoms with Gasteiger partial charge >= 0.3 is 6.03 Å². The van der Waals surface area contributed by atoms with E-state index in [0.717, 1.165) is 22.6 Å². The van der Waals surface area contributed by atoms with Crippen molar-refractivity contribution in [2.75, 3.05) is 11.9 Å². The van der Waals surface area contributed by atoms with Gasteiger partial charge in [-0.3, -0.25) is 19.3 Å². The van der Waals surface area contributed by atoms with E-state index in [4.69, 9.17) is 0 Å². The third-order valence-electron chi connectivity index (χ3n) is 4.49. The lowest BCUT2D eigenvalue weighted by Gasteiger charge is -2.41. The number of ketones is 1. The lowest BCUT2D eigenvalue weighted by Crippen LogP contribution is -2.66. The van der Waals surface area contributed by atoms with Crippen LogP contribution >= 0.6 is 0 Å². The molecular formula is C18H22N2O4. The second-order valence-corrected chi connectivity index (χ2v) is 6.04. The van der Waals surface area contributed by atoms with Gasteiger partial charge in [-0.05, 0) is 25.5 Å². The molecule has 0 bridgehead atoms. The van der Waals surface area contributed by atoms with E-state index in [9.17, 15) is 19.2 Å². The lowest BCUT2D eigenvalue weighted by molar-refractivity contribution is -0.155. The molecular weight excluding hydrogens is 308 g/mol. The summed E-state index contributed by atoms with van der Waals surface area (Å²) in [5.74, 6) is -1.99. The Hall–Kier alpha value is -2.50. The second-order valence-electron chi connectivity index (χ2n) is 6.04. The lowest BCUT2D eigenvalue weighted by atomic mass is 9.75. The monoisotopic (exact) mass is 330 g/mol. The maximum absolute atomic E-state index is 13.1. The van der Waals surface area contributed by atoms with Gasteiger partial charge in [-0.25, -0.2) is 9.69 Å². The van der Waals surface area contributed by atoms with Crippen LogP contribution < -0.4 is 4.90 Å². The molecule has 6 nitrogen and oxygen atoms in total. The summed E-state index contributed by atoms with van der Waals surface area (Å²) in [6.45, 7) is 3.24. The number of hydrogen-bond donors (Lipinski definition) is 0. The fourth-order valence-corrected chi connectivity index (χ4v) is 3.03. The number of hydrogen-bond acceptors (Lipinski definition) is 4. The molecule has 2 rings (SSSR count). The zero-order valence-corrected chi connectivity index (χ0v) is 14.2. The molecule has 1 aromatic rings. The number of Topliss-reactive ketones (excluding diaryl/α,β-unsaturated/α-hetero) is 1. The third-order valence-corrected chi connectivity index (χ3v) is 4.49. The van der Waals surface area contributed by atoms with Crippen LogP contribution in [0.15, 0.2) is 30.3 Å². The summed E-state index contributed by atoms with van der Waals surface area (Å²) < 4.78 is 0. The molecule has 1 aromatic carbocycles. The maximum atomic E-state index is 13.1. The minimum atomic E-state index is -1.81. The van der Waals surface area contributed by atoms with Crippen LogP contribution in [0.25, 0.3) is 0 Å². The Bertz CT molecular complexity index is 671. The van der Waals surface area contributed by atoms with Crippen LogP contribution in [-0.2, 0) is 14.4 Å². The molecule has 0 N–H and O–H groups in total. The summed E-state index contributed by atoms with van der Waals surface area (Å²) in [7, 11) is 1.31. The van der Waals surface area contributed by atoms with Gasteiger partial charge in [-0.2, -0.15) is 0 Å². The molecule has 0 aromatic heterocycles. The molecule has 0 aliphatic carbocycles. The standard InChI is InChI=1S/C18H22N2O4/c1-4-5-9-12-18(13(2)21)15(22)19(3)17(24)20(16(18)23)14-10-7-6-8-11-14/h6-8,10-11H,4-5,9,12H2,1-3H3. The number of rotatable bonds is 6. The van der Waals surface area contributed by atoms with Gasteiger partial charge in [0.2, 0.25) is 0 Å². The topological polar surface area (TPSA) is 74.8 Å². The number of benzene rings is 1. The summed E-state index contributed by atoms with van der Waals surface area (Å²) in [5, 5.41) is 0. The highest BCUT2D eigenvalue weighted by Gasteiger charge is 2.59. The Labute approximate surface area is 141 Å². The van der Waals surface area contributed by atoms with Gasteiger partial charge in [0.15, 0.2) is 11.2 Å². The van der Waals surface area contributed by atoms with Crippen molar-refractivity contribution in [1.82, 2.24) is 4.90 Å². The van der Waals surface area contributed by atoms with Crippen molar-refractivity contribution in [2.45, 2.75) is 39.5 Å². The van der Waals surface area contributed by atoms with Crippen molar-refractivity contribution in [2.24, 2.45) is 5.41 Å². The van der Waals surface area contributed by atoms with E-state index in [1.807, 2.05) is 6.92 Å². The van der Waals surface area contributed by atoms with E-state index < -0.39 is 29.0 Å². The van der Waals surface area contributed by atoms with Gasteiger partial charge in [0, 0.05) is 7.05 Å². The molecule has 1 saturated heterocycles. The summed E-state index contributed by atoms with van der Waals surface area (Å²) in [5.41, 5.74) is -1.46. The number of anilines is 1. The molecule has 128 valence electrons. The molecule has 1 aliphatic rings. The highest BCUT2D eigenvalue weighted by molar-refractivity contribution is 6.37. The number of urea groups is 1. The normalized spacial score (nSPS) is 21.4. The van der Waals surface area contributed by atoms with Crippen molar-refractivity contribution in [3.63, 3.8) is 0 Å². The fraction of sp³-hybridized carbons (Fsp3) is 0.444. The van der Waals surface area contributed by atoms with Gasteiger partial charge in [0.05, 0.1) is 5.69 Å². The fourth-order valence-electron chi connectivity index (χ4n) is 3.03. The number of amides is 4. The first-order chi connectivity index (χ1) is 11.4. The molecule has 4 amide bonds. The van der Waals surface area contributed by atoms with Crippen LogP contribution in [-0.4, -0.2) is 35.6 Å². The van der Waals surface area contributed by atoms with Gasteiger partial charge in [0.25, 0.3) is 11.8 Å². The molecule has 1 atom stereocenters. The minimum absolute atomic E-state index is 0.120. The highest BCUT2D eigenvalue weighted by Crippen LogP contribution is 2.37. The summed E-state index contributed by atoms with van der Waals surface area (Å²) in [6, 6.07) is 7.63. The first-order valence-electron chi connectivity index (χ1n) is 8.10. The quantitative estimate of drug-likeness (QED) is 0.594.